The zero-order valence-electron chi connectivity index (χ0n) is 14.8. The summed E-state index contributed by atoms with van der Waals surface area (Å²) in [6.07, 6.45) is 0.328. The maximum atomic E-state index is 14.5. The number of ether oxygens (including phenoxy) is 1. The molecule has 0 radical (unpaired) electrons. The number of rotatable bonds is 5. The van der Waals surface area contributed by atoms with Crippen molar-refractivity contribution in [2.45, 2.75) is 45.4 Å². The van der Waals surface area contributed by atoms with Gasteiger partial charge in [-0.2, -0.15) is 0 Å². The van der Waals surface area contributed by atoms with Crippen molar-refractivity contribution in [2.24, 2.45) is 0 Å². The number of hydrogen-bond donors (Lipinski definition) is 0. The normalized spacial score (nSPS) is 13.9. The zero-order valence-corrected chi connectivity index (χ0v) is 14.8. The molecule has 1 aliphatic rings. The summed E-state index contributed by atoms with van der Waals surface area (Å²) in [7, 11) is 0. The summed E-state index contributed by atoms with van der Waals surface area (Å²) in [5.41, 5.74) is 3.05. The van der Waals surface area contributed by atoms with Crippen molar-refractivity contribution >= 4 is 11.6 Å². The van der Waals surface area contributed by atoms with Gasteiger partial charge in [-0.15, -0.1) is 13.2 Å². The fraction of sp³-hybridized carbons (Fsp3) is 0.333. The van der Waals surface area contributed by atoms with Crippen LogP contribution in [-0.4, -0.2) is 6.36 Å². The van der Waals surface area contributed by atoms with Crippen molar-refractivity contribution in [3.63, 3.8) is 0 Å². The molecule has 0 aliphatic heterocycles. The molecule has 27 heavy (non-hydrogen) atoms. The maximum absolute atomic E-state index is 14.5. The van der Waals surface area contributed by atoms with E-state index in [0.717, 1.165) is 37.0 Å². The minimum atomic E-state index is -4.95. The Morgan fingerprint density at radius 3 is 2.44 bits per heavy atom. The lowest BCUT2D eigenvalue weighted by molar-refractivity contribution is -0.275. The lowest BCUT2D eigenvalue weighted by atomic mass is 9.88. The highest BCUT2D eigenvalue weighted by molar-refractivity contribution is 5.84. The van der Waals surface area contributed by atoms with Crippen LogP contribution in [0.1, 0.15) is 48.4 Å². The van der Waals surface area contributed by atoms with Crippen LogP contribution in [0.15, 0.2) is 30.3 Å². The molecule has 1 nitrogen and oxygen atoms in total. The van der Waals surface area contributed by atoms with Crippen LogP contribution < -0.4 is 4.74 Å². The molecule has 0 unspecified atom stereocenters. The lowest BCUT2D eigenvalue weighted by Crippen LogP contribution is -2.18. The van der Waals surface area contributed by atoms with Crippen molar-refractivity contribution in [1.29, 1.82) is 0 Å². The fourth-order valence-electron chi connectivity index (χ4n) is 3.26. The molecule has 0 spiro atoms. The van der Waals surface area contributed by atoms with Crippen LogP contribution in [0.2, 0.25) is 0 Å². The van der Waals surface area contributed by atoms with Crippen LogP contribution >= 0.6 is 0 Å². The predicted molar refractivity (Wildman–Crippen MR) is 94.3 cm³/mol. The smallest absolute Gasteiger partial charge is 0.403 e. The van der Waals surface area contributed by atoms with Crippen LogP contribution in [-0.2, 0) is 12.8 Å². The molecule has 0 amide bonds. The van der Waals surface area contributed by atoms with Gasteiger partial charge in [-0.25, -0.2) is 8.78 Å². The number of aryl methyl sites for hydroxylation is 2. The Kier molecular flexibility index (Phi) is 5.53. The second-order valence-corrected chi connectivity index (χ2v) is 6.62. The maximum Gasteiger partial charge on any atom is 0.573 e. The van der Waals surface area contributed by atoms with Crippen LogP contribution in [0.5, 0.6) is 5.75 Å². The van der Waals surface area contributed by atoms with Gasteiger partial charge in [-0.05, 0) is 66.1 Å². The van der Waals surface area contributed by atoms with E-state index in [9.17, 15) is 22.0 Å². The monoisotopic (exact) mass is 382 g/mol. The first-order valence-corrected chi connectivity index (χ1v) is 8.84. The topological polar surface area (TPSA) is 9.23 Å². The van der Waals surface area contributed by atoms with E-state index in [2.05, 4.69) is 11.7 Å². The first-order valence-electron chi connectivity index (χ1n) is 8.84. The zero-order chi connectivity index (χ0) is 19.6. The third kappa shape index (κ3) is 4.67. The number of halogens is 5. The van der Waals surface area contributed by atoms with Crippen LogP contribution in [0.4, 0.5) is 22.0 Å². The molecule has 0 heterocycles. The minimum absolute atomic E-state index is 0.337. The van der Waals surface area contributed by atoms with Gasteiger partial charge < -0.3 is 4.74 Å². The molecule has 0 N–H and O–H groups in total. The van der Waals surface area contributed by atoms with Gasteiger partial charge >= 0.3 is 6.36 Å². The minimum Gasteiger partial charge on any atom is -0.403 e. The standard InChI is InChI=1S/C21H19F5O/c1-2-3-4-13-5-8-17(18(22)9-13)15-7-6-14-12-20(27-21(24,25)26)19(23)11-16(14)10-15/h5,8-12H,2-4,6-7H2,1H3. The molecule has 2 aromatic carbocycles. The summed E-state index contributed by atoms with van der Waals surface area (Å²) in [4.78, 5) is 0. The van der Waals surface area contributed by atoms with E-state index in [1.807, 2.05) is 6.07 Å². The van der Waals surface area contributed by atoms with Crippen molar-refractivity contribution in [1.82, 2.24) is 0 Å². The van der Waals surface area contributed by atoms with E-state index in [0.29, 0.717) is 35.1 Å². The van der Waals surface area contributed by atoms with Gasteiger partial charge in [0.15, 0.2) is 11.6 Å². The highest BCUT2D eigenvalue weighted by Gasteiger charge is 2.33. The number of unbranched alkanes of at least 4 members (excludes halogenated alkanes) is 1. The first kappa shape index (κ1) is 19.4. The summed E-state index contributed by atoms with van der Waals surface area (Å²) in [6, 6.07) is 7.18. The van der Waals surface area contributed by atoms with Crippen LogP contribution in [0, 0.1) is 11.6 Å². The van der Waals surface area contributed by atoms with E-state index >= 15 is 0 Å². The Balaban J connectivity index is 1.89. The molecule has 0 saturated heterocycles. The van der Waals surface area contributed by atoms with Crippen molar-refractivity contribution in [3.05, 3.63) is 64.2 Å². The Labute approximate surface area is 154 Å². The van der Waals surface area contributed by atoms with Gasteiger partial charge in [0.05, 0.1) is 0 Å². The SMILES string of the molecule is CCCCc1ccc(C2=Cc3cc(F)c(OC(F)(F)F)cc3CC2)c(F)c1. The molecule has 0 fully saturated rings. The van der Waals surface area contributed by atoms with E-state index < -0.39 is 17.9 Å². The third-order valence-electron chi connectivity index (χ3n) is 4.61. The van der Waals surface area contributed by atoms with Gasteiger partial charge in [0.25, 0.3) is 0 Å². The number of fused-ring (bicyclic) bond motifs is 1. The van der Waals surface area contributed by atoms with Gasteiger partial charge in [0.2, 0.25) is 0 Å². The van der Waals surface area contributed by atoms with E-state index in [-0.39, 0.29) is 5.82 Å². The van der Waals surface area contributed by atoms with E-state index in [4.69, 9.17) is 0 Å². The van der Waals surface area contributed by atoms with Crippen molar-refractivity contribution < 1.29 is 26.7 Å². The number of allylic oxidation sites excluding steroid dienone is 1. The van der Waals surface area contributed by atoms with Crippen LogP contribution in [0.3, 0.4) is 0 Å². The van der Waals surface area contributed by atoms with E-state index in [1.54, 1.807) is 12.1 Å². The lowest BCUT2D eigenvalue weighted by Gasteiger charge is -2.19. The highest BCUT2D eigenvalue weighted by atomic mass is 19.4. The van der Waals surface area contributed by atoms with Gasteiger partial charge in [-0.3, -0.25) is 0 Å². The Bertz CT molecular complexity index is 868. The van der Waals surface area contributed by atoms with Crippen molar-refractivity contribution in [2.75, 3.05) is 0 Å². The second-order valence-electron chi connectivity index (χ2n) is 6.62. The molecule has 0 saturated carbocycles. The summed E-state index contributed by atoms with van der Waals surface area (Å²) < 4.78 is 69.2. The first-order chi connectivity index (χ1) is 12.8. The number of alkyl halides is 3. The van der Waals surface area contributed by atoms with E-state index in [1.165, 1.54) is 6.07 Å². The molecule has 144 valence electrons. The summed E-state index contributed by atoms with van der Waals surface area (Å²) >= 11 is 0. The Morgan fingerprint density at radius 2 is 1.78 bits per heavy atom. The Hall–Kier alpha value is -2.37. The number of hydrogen-bond acceptors (Lipinski definition) is 1. The van der Waals surface area contributed by atoms with Crippen LogP contribution in [0.25, 0.3) is 11.6 Å². The quantitative estimate of drug-likeness (QED) is 0.523. The molecule has 0 bridgehead atoms. The second kappa shape index (κ2) is 7.71. The molecular formula is C21H19F5O. The Morgan fingerprint density at radius 1 is 1.00 bits per heavy atom. The molecule has 2 aromatic rings. The molecule has 6 heteroatoms. The van der Waals surface area contributed by atoms with Gasteiger partial charge in [0, 0.05) is 5.56 Å². The fourth-order valence-corrected chi connectivity index (χ4v) is 3.26. The summed E-state index contributed by atoms with van der Waals surface area (Å²) in [5, 5.41) is 0. The van der Waals surface area contributed by atoms with Gasteiger partial charge in [-0.1, -0.05) is 31.6 Å². The average Bonchev–Trinajstić information content (AvgIpc) is 2.59. The highest BCUT2D eigenvalue weighted by Crippen LogP contribution is 2.36. The molecule has 0 atom stereocenters. The van der Waals surface area contributed by atoms with Crippen molar-refractivity contribution in [3.8, 4) is 5.75 Å². The number of benzene rings is 2. The molecule has 0 aromatic heterocycles. The molecular weight excluding hydrogens is 363 g/mol. The largest absolute Gasteiger partial charge is 0.573 e. The summed E-state index contributed by atoms with van der Waals surface area (Å²) in [5.74, 6) is -2.28. The third-order valence-corrected chi connectivity index (χ3v) is 4.61. The van der Waals surface area contributed by atoms with Gasteiger partial charge in [0.1, 0.15) is 5.82 Å². The predicted octanol–water partition coefficient (Wildman–Crippen LogP) is 6.69. The molecule has 1 aliphatic carbocycles. The molecule has 3 rings (SSSR count). The summed E-state index contributed by atoms with van der Waals surface area (Å²) in [6.45, 7) is 2.07. The average molecular weight is 382 g/mol.